The molecule has 0 amide bonds. The summed E-state index contributed by atoms with van der Waals surface area (Å²) in [6.45, 7) is 0.557. The third kappa shape index (κ3) is 2.18. The molecule has 3 nitrogen and oxygen atoms in total. The first kappa shape index (κ1) is 9.51. The number of hydrogen-bond acceptors (Lipinski definition) is 3. The monoisotopic (exact) mass is 173 g/mol. The summed E-state index contributed by atoms with van der Waals surface area (Å²) >= 11 is 0. The van der Waals surface area contributed by atoms with E-state index >= 15 is 0 Å². The Morgan fingerprint density at radius 2 is 2.31 bits per heavy atom. The lowest BCUT2D eigenvalue weighted by atomic mass is 9.90. The van der Waals surface area contributed by atoms with Crippen LogP contribution in [-0.4, -0.2) is 6.54 Å². The Kier molecular flexibility index (Phi) is 3.25. The molecule has 0 saturated carbocycles. The molecule has 0 heterocycles. The average Bonchev–Trinajstić information content (AvgIpc) is 2.19. The van der Waals surface area contributed by atoms with Crippen LogP contribution < -0.4 is 5.73 Å². The van der Waals surface area contributed by atoms with Gasteiger partial charge in [0.25, 0.3) is 0 Å². The molecule has 1 rings (SSSR count). The number of rotatable bonds is 2. The van der Waals surface area contributed by atoms with Crippen LogP contribution in [0.1, 0.15) is 12.8 Å². The van der Waals surface area contributed by atoms with Crippen LogP contribution in [0.15, 0.2) is 23.3 Å². The summed E-state index contributed by atoms with van der Waals surface area (Å²) in [5, 5.41) is 17.3. The molecule has 0 aromatic carbocycles. The Hall–Kier alpha value is -1.58. The Morgan fingerprint density at radius 3 is 2.85 bits per heavy atom. The molecule has 0 radical (unpaired) electrons. The van der Waals surface area contributed by atoms with Crippen molar-refractivity contribution in [1.82, 2.24) is 0 Å². The van der Waals surface area contributed by atoms with Crippen LogP contribution in [0.25, 0.3) is 0 Å². The lowest BCUT2D eigenvalue weighted by Gasteiger charge is -2.15. The van der Waals surface area contributed by atoms with Gasteiger partial charge in [0.15, 0.2) is 0 Å². The standard InChI is InChI=1S/C10H11N3/c11-4-3-9-2-1-8(6-12)5-10(9)7-13/h2,5,8H,1,3,6,12H2. The normalized spacial score (nSPS) is 21.0. The molecular formula is C10H11N3. The van der Waals surface area contributed by atoms with Crippen LogP contribution >= 0.6 is 0 Å². The molecule has 2 N–H and O–H groups in total. The van der Waals surface area contributed by atoms with Crippen molar-refractivity contribution < 1.29 is 0 Å². The second kappa shape index (κ2) is 4.45. The molecule has 0 bridgehead atoms. The fourth-order valence-corrected chi connectivity index (χ4v) is 1.34. The summed E-state index contributed by atoms with van der Waals surface area (Å²) in [6, 6.07) is 4.13. The van der Waals surface area contributed by atoms with Gasteiger partial charge in [-0.2, -0.15) is 10.5 Å². The quantitative estimate of drug-likeness (QED) is 0.683. The average molecular weight is 173 g/mol. The van der Waals surface area contributed by atoms with E-state index < -0.39 is 0 Å². The second-order valence-corrected chi connectivity index (χ2v) is 2.99. The number of nitrogens with two attached hydrogens (primary N) is 1. The van der Waals surface area contributed by atoms with Gasteiger partial charge in [-0.15, -0.1) is 0 Å². The summed E-state index contributed by atoms with van der Waals surface area (Å²) in [5.74, 6) is 0.261. The Balaban J connectivity index is 2.82. The lowest BCUT2D eigenvalue weighted by molar-refractivity contribution is 0.660. The van der Waals surface area contributed by atoms with Gasteiger partial charge >= 0.3 is 0 Å². The van der Waals surface area contributed by atoms with Gasteiger partial charge in [0.2, 0.25) is 0 Å². The lowest BCUT2D eigenvalue weighted by Crippen LogP contribution is -2.14. The topological polar surface area (TPSA) is 73.6 Å². The summed E-state index contributed by atoms with van der Waals surface area (Å²) in [7, 11) is 0. The van der Waals surface area contributed by atoms with Gasteiger partial charge in [-0.25, -0.2) is 0 Å². The fourth-order valence-electron chi connectivity index (χ4n) is 1.34. The predicted octanol–water partition coefficient (Wildman–Crippen LogP) is 1.26. The molecule has 66 valence electrons. The zero-order chi connectivity index (χ0) is 9.68. The highest BCUT2D eigenvalue weighted by Gasteiger charge is 2.13. The summed E-state index contributed by atoms with van der Waals surface area (Å²) < 4.78 is 0. The highest BCUT2D eigenvalue weighted by Crippen LogP contribution is 2.23. The van der Waals surface area contributed by atoms with Crippen molar-refractivity contribution in [3.63, 3.8) is 0 Å². The minimum Gasteiger partial charge on any atom is -0.330 e. The number of allylic oxidation sites excluding steroid dienone is 3. The van der Waals surface area contributed by atoms with Gasteiger partial charge in [0.05, 0.1) is 24.1 Å². The minimum absolute atomic E-state index is 0.261. The van der Waals surface area contributed by atoms with Crippen molar-refractivity contribution in [1.29, 1.82) is 10.5 Å². The highest BCUT2D eigenvalue weighted by molar-refractivity contribution is 5.45. The maximum Gasteiger partial charge on any atom is 0.0991 e. The summed E-state index contributed by atoms with van der Waals surface area (Å²) in [5.41, 5.74) is 6.95. The molecule has 0 fully saturated rings. The molecule has 0 aliphatic heterocycles. The molecule has 0 aromatic heterocycles. The first-order chi connectivity index (χ1) is 6.31. The van der Waals surface area contributed by atoms with Crippen LogP contribution in [0.3, 0.4) is 0 Å². The fraction of sp³-hybridized carbons (Fsp3) is 0.400. The number of hydrogen-bond donors (Lipinski definition) is 1. The zero-order valence-electron chi connectivity index (χ0n) is 7.33. The molecule has 1 aliphatic rings. The molecule has 1 atom stereocenters. The Morgan fingerprint density at radius 1 is 1.54 bits per heavy atom. The van der Waals surface area contributed by atoms with E-state index in [-0.39, 0.29) is 5.92 Å². The van der Waals surface area contributed by atoms with Crippen LogP contribution in [0.2, 0.25) is 0 Å². The highest BCUT2D eigenvalue weighted by atomic mass is 14.5. The van der Waals surface area contributed by atoms with Gasteiger partial charge in [-0.1, -0.05) is 12.2 Å². The smallest absolute Gasteiger partial charge is 0.0991 e. The molecule has 0 aromatic rings. The van der Waals surface area contributed by atoms with E-state index in [2.05, 4.69) is 6.07 Å². The molecule has 0 spiro atoms. The van der Waals surface area contributed by atoms with Crippen molar-refractivity contribution in [2.45, 2.75) is 12.8 Å². The van der Waals surface area contributed by atoms with Crippen LogP contribution in [0.5, 0.6) is 0 Å². The van der Waals surface area contributed by atoms with E-state index in [9.17, 15) is 0 Å². The molecule has 0 saturated heterocycles. The maximum atomic E-state index is 8.79. The van der Waals surface area contributed by atoms with Crippen molar-refractivity contribution in [3.8, 4) is 12.1 Å². The van der Waals surface area contributed by atoms with Crippen LogP contribution in [0.4, 0.5) is 0 Å². The van der Waals surface area contributed by atoms with E-state index in [4.69, 9.17) is 16.3 Å². The van der Waals surface area contributed by atoms with E-state index in [0.717, 1.165) is 12.0 Å². The molecule has 1 aliphatic carbocycles. The first-order valence-electron chi connectivity index (χ1n) is 4.20. The van der Waals surface area contributed by atoms with E-state index in [0.29, 0.717) is 18.5 Å². The molecule has 13 heavy (non-hydrogen) atoms. The second-order valence-electron chi connectivity index (χ2n) is 2.99. The number of nitrogens with zero attached hydrogens (tertiary/aromatic N) is 2. The van der Waals surface area contributed by atoms with Gasteiger partial charge in [-0.05, 0) is 24.5 Å². The Labute approximate surface area is 77.8 Å². The van der Waals surface area contributed by atoms with Gasteiger partial charge < -0.3 is 5.73 Å². The molecule has 1 unspecified atom stereocenters. The van der Waals surface area contributed by atoms with Crippen molar-refractivity contribution in [2.75, 3.05) is 6.54 Å². The third-order valence-corrected chi connectivity index (χ3v) is 2.11. The zero-order valence-corrected chi connectivity index (χ0v) is 7.33. The van der Waals surface area contributed by atoms with Crippen molar-refractivity contribution >= 4 is 0 Å². The van der Waals surface area contributed by atoms with Crippen LogP contribution in [0, 0.1) is 28.6 Å². The van der Waals surface area contributed by atoms with Crippen molar-refractivity contribution in [2.24, 2.45) is 11.7 Å². The van der Waals surface area contributed by atoms with Crippen molar-refractivity contribution in [3.05, 3.63) is 23.3 Å². The van der Waals surface area contributed by atoms with E-state index in [1.165, 1.54) is 0 Å². The first-order valence-corrected chi connectivity index (χ1v) is 4.20. The van der Waals surface area contributed by atoms with E-state index in [1.54, 1.807) is 0 Å². The number of nitriles is 2. The largest absolute Gasteiger partial charge is 0.330 e. The SMILES string of the molecule is N#CCC1=CCC(CN)C=C1C#N. The van der Waals surface area contributed by atoms with Gasteiger partial charge in [-0.3, -0.25) is 0 Å². The minimum atomic E-state index is 0.261. The van der Waals surface area contributed by atoms with Gasteiger partial charge in [0, 0.05) is 0 Å². The summed E-state index contributed by atoms with van der Waals surface area (Å²) in [4.78, 5) is 0. The molecule has 3 heteroatoms. The third-order valence-electron chi connectivity index (χ3n) is 2.11. The summed E-state index contributed by atoms with van der Waals surface area (Å²) in [6.07, 6.45) is 4.97. The predicted molar refractivity (Wildman–Crippen MR) is 49.2 cm³/mol. The maximum absolute atomic E-state index is 8.79. The Bertz CT molecular complexity index is 325. The van der Waals surface area contributed by atoms with Crippen LogP contribution in [-0.2, 0) is 0 Å². The van der Waals surface area contributed by atoms with Gasteiger partial charge in [0.1, 0.15) is 0 Å². The van der Waals surface area contributed by atoms with E-state index in [1.807, 2.05) is 18.2 Å². The molecular weight excluding hydrogens is 162 g/mol.